The molecule has 1 aromatic carbocycles. The van der Waals surface area contributed by atoms with Crippen LogP contribution in [0.4, 0.5) is 0 Å². The Labute approximate surface area is 141 Å². The molecular weight excluding hydrogens is 304 g/mol. The summed E-state index contributed by atoms with van der Waals surface area (Å²) in [6.45, 7) is 16.9. The maximum Gasteiger partial charge on any atom is 0.314 e. The van der Waals surface area contributed by atoms with E-state index in [0.717, 1.165) is 6.54 Å². The van der Waals surface area contributed by atoms with Gasteiger partial charge in [0.25, 0.3) is 0 Å². The highest BCUT2D eigenvalue weighted by Crippen LogP contribution is 2.44. The summed E-state index contributed by atoms with van der Waals surface area (Å²) in [7, 11) is 0. The number of hydrogen-bond acceptors (Lipinski definition) is 3. The summed E-state index contributed by atoms with van der Waals surface area (Å²) in [6.07, 6.45) is 1.03. The zero-order valence-corrected chi connectivity index (χ0v) is 13.2. The standard InChI is InChI=1S/C18H18N4O2/c1-19-14-16(23)21-17(24)15(20-2)18(14)8-10-22(11-9-18)12-13-6-4-3-5-7-13/h3-7,14-15H,8-12H2,(H,21,23,24). The zero-order chi connectivity index (χ0) is 17.2. The van der Waals surface area contributed by atoms with Crippen LogP contribution in [0.15, 0.2) is 30.3 Å². The lowest BCUT2D eigenvalue weighted by atomic mass is 9.65. The maximum absolute atomic E-state index is 12.1. The van der Waals surface area contributed by atoms with Crippen LogP contribution in [-0.4, -0.2) is 41.9 Å². The lowest BCUT2D eigenvalue weighted by molar-refractivity contribution is -0.141. The van der Waals surface area contributed by atoms with Crippen LogP contribution in [-0.2, 0) is 16.1 Å². The molecule has 6 nitrogen and oxygen atoms in total. The first-order valence-corrected chi connectivity index (χ1v) is 7.95. The molecule has 0 aromatic heterocycles. The van der Waals surface area contributed by atoms with Crippen molar-refractivity contribution in [3.8, 4) is 0 Å². The van der Waals surface area contributed by atoms with E-state index in [-0.39, 0.29) is 0 Å². The largest absolute Gasteiger partial charge is 0.314 e. The van der Waals surface area contributed by atoms with Gasteiger partial charge in [-0.25, -0.2) is 13.1 Å². The highest BCUT2D eigenvalue weighted by atomic mass is 16.2. The molecule has 0 saturated carbocycles. The second kappa shape index (κ2) is 6.43. The summed E-state index contributed by atoms with van der Waals surface area (Å²) in [5.41, 5.74) is 0.352. The van der Waals surface area contributed by atoms with Crippen molar-refractivity contribution in [3.63, 3.8) is 0 Å². The van der Waals surface area contributed by atoms with Gasteiger partial charge in [0.2, 0.25) is 0 Å². The van der Waals surface area contributed by atoms with E-state index in [1.54, 1.807) is 0 Å². The van der Waals surface area contributed by atoms with E-state index in [1.165, 1.54) is 5.56 Å². The Bertz CT molecular complexity index is 690. The SMILES string of the molecule is [C-]#[N+]C1C(=O)NC(=O)C([N+]#[C-])C12CCN(Cc1ccccc1)CC2. The number of benzene rings is 1. The average Bonchev–Trinajstić information content (AvgIpc) is 2.58. The highest BCUT2D eigenvalue weighted by molar-refractivity contribution is 6.05. The Kier molecular flexibility index (Phi) is 4.33. The van der Waals surface area contributed by atoms with Gasteiger partial charge < -0.3 is 9.69 Å². The van der Waals surface area contributed by atoms with Gasteiger partial charge in [-0.3, -0.25) is 19.8 Å². The molecule has 0 aliphatic carbocycles. The molecule has 6 heteroatoms. The average molecular weight is 322 g/mol. The number of carbonyl (C=O) groups is 2. The van der Waals surface area contributed by atoms with E-state index in [4.69, 9.17) is 13.1 Å². The third-order valence-electron chi connectivity index (χ3n) is 5.13. The zero-order valence-electron chi connectivity index (χ0n) is 13.2. The van der Waals surface area contributed by atoms with Crippen LogP contribution < -0.4 is 5.32 Å². The topological polar surface area (TPSA) is 58.1 Å². The minimum Gasteiger partial charge on any atom is -0.302 e. The molecule has 2 unspecified atom stereocenters. The number of likely N-dealkylation sites (tertiary alicyclic amines) is 1. The predicted molar refractivity (Wildman–Crippen MR) is 87.3 cm³/mol. The molecule has 2 heterocycles. The normalized spacial score (nSPS) is 26.4. The third-order valence-corrected chi connectivity index (χ3v) is 5.13. The fourth-order valence-electron chi connectivity index (χ4n) is 3.82. The van der Waals surface area contributed by atoms with E-state index < -0.39 is 29.3 Å². The van der Waals surface area contributed by atoms with Crippen molar-refractivity contribution in [2.45, 2.75) is 31.5 Å². The molecule has 0 radical (unpaired) electrons. The van der Waals surface area contributed by atoms with Crippen LogP contribution in [0, 0.1) is 18.6 Å². The van der Waals surface area contributed by atoms with E-state index in [2.05, 4.69) is 32.0 Å². The van der Waals surface area contributed by atoms with Crippen LogP contribution in [0.2, 0.25) is 0 Å². The molecule has 2 atom stereocenters. The Morgan fingerprint density at radius 3 is 2.08 bits per heavy atom. The van der Waals surface area contributed by atoms with Crippen molar-refractivity contribution in [1.82, 2.24) is 10.2 Å². The van der Waals surface area contributed by atoms with Gasteiger partial charge in [-0.15, -0.1) is 0 Å². The molecule has 2 aliphatic heterocycles. The van der Waals surface area contributed by atoms with Gasteiger partial charge in [0.15, 0.2) is 0 Å². The number of nitrogens with zero attached hydrogens (tertiary/aromatic N) is 3. The molecule has 2 saturated heterocycles. The Hall–Kier alpha value is -2.70. The van der Waals surface area contributed by atoms with Gasteiger partial charge in [0, 0.05) is 6.54 Å². The summed E-state index contributed by atoms with van der Waals surface area (Å²) in [5, 5.41) is 2.18. The molecule has 1 spiro atoms. The molecule has 3 rings (SSSR count). The Morgan fingerprint density at radius 2 is 1.58 bits per heavy atom. The fraction of sp³-hybridized carbons (Fsp3) is 0.444. The third kappa shape index (κ3) is 2.66. The van der Waals surface area contributed by atoms with Gasteiger partial charge in [-0.05, 0) is 31.5 Å². The van der Waals surface area contributed by atoms with Crippen molar-refractivity contribution in [2.75, 3.05) is 13.1 Å². The summed E-state index contributed by atoms with van der Waals surface area (Å²) < 4.78 is 0. The van der Waals surface area contributed by atoms with Crippen LogP contribution in [0.1, 0.15) is 18.4 Å². The lowest BCUT2D eigenvalue weighted by Gasteiger charge is -2.42. The number of nitrogens with one attached hydrogen (secondary N) is 1. The van der Waals surface area contributed by atoms with Crippen molar-refractivity contribution in [3.05, 3.63) is 58.7 Å². The fourth-order valence-corrected chi connectivity index (χ4v) is 3.82. The number of amides is 2. The number of imide groups is 1. The van der Waals surface area contributed by atoms with Crippen molar-refractivity contribution < 1.29 is 9.59 Å². The van der Waals surface area contributed by atoms with Crippen molar-refractivity contribution in [1.29, 1.82) is 0 Å². The van der Waals surface area contributed by atoms with Gasteiger partial charge in [-0.2, -0.15) is 0 Å². The summed E-state index contributed by atoms with van der Waals surface area (Å²) in [4.78, 5) is 33.4. The Balaban J connectivity index is 1.78. The van der Waals surface area contributed by atoms with E-state index in [1.807, 2.05) is 18.2 Å². The summed E-state index contributed by atoms with van der Waals surface area (Å²) in [5.74, 6) is -1.10. The molecule has 2 amide bonds. The molecule has 0 bridgehead atoms. The first-order chi connectivity index (χ1) is 11.6. The smallest absolute Gasteiger partial charge is 0.302 e. The van der Waals surface area contributed by atoms with Crippen molar-refractivity contribution >= 4 is 11.8 Å². The second-order valence-electron chi connectivity index (χ2n) is 6.41. The van der Waals surface area contributed by atoms with E-state index >= 15 is 0 Å². The summed E-state index contributed by atoms with van der Waals surface area (Å²) >= 11 is 0. The van der Waals surface area contributed by atoms with Gasteiger partial charge in [0.1, 0.15) is 5.41 Å². The number of rotatable bonds is 2. The molecule has 1 aromatic rings. The highest BCUT2D eigenvalue weighted by Gasteiger charge is 2.65. The number of piperidine rings is 2. The summed E-state index contributed by atoms with van der Waals surface area (Å²) in [6, 6.07) is 8.18. The van der Waals surface area contributed by atoms with Crippen LogP contribution in [0.3, 0.4) is 0 Å². The molecule has 2 aliphatic rings. The van der Waals surface area contributed by atoms with E-state index in [9.17, 15) is 9.59 Å². The van der Waals surface area contributed by atoms with Gasteiger partial charge in [0.05, 0.1) is 0 Å². The minimum atomic E-state index is -0.951. The quantitative estimate of drug-likeness (QED) is 0.663. The van der Waals surface area contributed by atoms with E-state index in [0.29, 0.717) is 25.9 Å². The number of carbonyl (C=O) groups excluding carboxylic acids is 2. The van der Waals surface area contributed by atoms with Crippen molar-refractivity contribution in [2.24, 2.45) is 5.41 Å². The monoisotopic (exact) mass is 322 g/mol. The molecule has 1 N–H and O–H groups in total. The lowest BCUT2D eigenvalue weighted by Crippen LogP contribution is -2.64. The first kappa shape index (κ1) is 16.2. The van der Waals surface area contributed by atoms with Gasteiger partial charge in [-0.1, -0.05) is 30.3 Å². The number of hydrogen-bond donors (Lipinski definition) is 1. The van der Waals surface area contributed by atoms with Crippen LogP contribution in [0.25, 0.3) is 9.69 Å². The van der Waals surface area contributed by atoms with Crippen LogP contribution >= 0.6 is 0 Å². The van der Waals surface area contributed by atoms with Gasteiger partial charge >= 0.3 is 23.9 Å². The molecular formula is C18H18N4O2. The first-order valence-electron chi connectivity index (χ1n) is 7.95. The molecule has 24 heavy (non-hydrogen) atoms. The molecule has 122 valence electrons. The van der Waals surface area contributed by atoms with Crippen LogP contribution in [0.5, 0.6) is 0 Å². The predicted octanol–water partition coefficient (Wildman–Crippen LogP) is 1.50. The Morgan fingerprint density at radius 1 is 1.04 bits per heavy atom. The minimum absolute atomic E-state index is 0.513. The maximum atomic E-state index is 12.1. The second-order valence-corrected chi connectivity index (χ2v) is 6.41. The molecule has 2 fully saturated rings.